The van der Waals surface area contributed by atoms with Crippen LogP contribution in [0.25, 0.3) is 0 Å². The second kappa shape index (κ2) is 7.44. The van der Waals surface area contributed by atoms with Crippen molar-refractivity contribution in [3.63, 3.8) is 0 Å². The zero-order valence-electron chi connectivity index (χ0n) is 15.1. The maximum Gasteiger partial charge on any atom is 0.235 e. The molecule has 0 fully saturated rings. The highest BCUT2D eigenvalue weighted by Gasteiger charge is 2.32. The third-order valence-corrected chi connectivity index (χ3v) is 3.78. The van der Waals surface area contributed by atoms with E-state index < -0.39 is 11.6 Å². The molecule has 1 aromatic carbocycles. The fourth-order valence-electron chi connectivity index (χ4n) is 2.36. The van der Waals surface area contributed by atoms with Crippen molar-refractivity contribution in [2.45, 2.75) is 27.0 Å². The number of hydrogen-bond donors (Lipinski definition) is 0. The molecule has 0 bridgehead atoms. The second-order valence-electron chi connectivity index (χ2n) is 6.96. The number of benzene rings is 1. The van der Waals surface area contributed by atoms with Crippen molar-refractivity contribution in [3.05, 3.63) is 73.2 Å². The number of ketones is 1. The van der Waals surface area contributed by atoms with Crippen LogP contribution in [0, 0.1) is 5.41 Å². The van der Waals surface area contributed by atoms with E-state index in [0.29, 0.717) is 17.4 Å². The normalized spacial score (nSPS) is 12.4. The minimum absolute atomic E-state index is 0.0155. The average molecular weight is 350 g/mol. The summed E-state index contributed by atoms with van der Waals surface area (Å²) in [6.45, 7) is 5.64. The lowest BCUT2D eigenvalue weighted by molar-refractivity contribution is -0.137. The Morgan fingerprint density at radius 1 is 0.962 bits per heavy atom. The van der Waals surface area contributed by atoms with Crippen molar-refractivity contribution >= 4 is 5.78 Å². The van der Waals surface area contributed by atoms with Crippen LogP contribution in [-0.2, 0) is 4.79 Å². The van der Waals surface area contributed by atoms with Gasteiger partial charge >= 0.3 is 0 Å². The maximum absolute atomic E-state index is 12.8. The summed E-state index contributed by atoms with van der Waals surface area (Å²) in [6.07, 6.45) is 4.45. The quantitative estimate of drug-likeness (QED) is 0.636. The highest BCUT2D eigenvalue weighted by molar-refractivity contribution is 5.86. The lowest BCUT2D eigenvalue weighted by Gasteiger charge is -2.26. The number of aromatic nitrogens is 2. The van der Waals surface area contributed by atoms with E-state index in [4.69, 9.17) is 9.47 Å². The van der Waals surface area contributed by atoms with Gasteiger partial charge in [0.1, 0.15) is 11.5 Å². The van der Waals surface area contributed by atoms with Gasteiger partial charge in [0.2, 0.25) is 12.1 Å². The first kappa shape index (κ1) is 17.7. The molecule has 2 aromatic heterocycles. The molecule has 0 saturated carbocycles. The monoisotopic (exact) mass is 350 g/mol. The van der Waals surface area contributed by atoms with Crippen LogP contribution in [0.5, 0.6) is 17.4 Å². The highest BCUT2D eigenvalue weighted by Crippen LogP contribution is 2.27. The van der Waals surface area contributed by atoms with Crippen LogP contribution < -0.4 is 9.47 Å². The maximum atomic E-state index is 12.8. The van der Waals surface area contributed by atoms with Crippen LogP contribution >= 0.6 is 0 Å². The molecule has 1 atom stereocenters. The third-order valence-electron chi connectivity index (χ3n) is 3.78. The van der Waals surface area contributed by atoms with E-state index in [1.165, 1.54) is 0 Å². The van der Waals surface area contributed by atoms with Crippen molar-refractivity contribution in [3.8, 4) is 17.4 Å². The Hall–Kier alpha value is -3.08. The average Bonchev–Trinajstić information content (AvgIpc) is 3.15. The fraction of sp³-hybridized carbons (Fsp3) is 0.238. The molecule has 26 heavy (non-hydrogen) atoms. The Morgan fingerprint density at radius 3 is 2.23 bits per heavy atom. The Kier molecular flexibility index (Phi) is 5.07. The summed E-state index contributed by atoms with van der Waals surface area (Å²) in [4.78, 5) is 17.0. The molecule has 0 amide bonds. The van der Waals surface area contributed by atoms with E-state index in [2.05, 4.69) is 4.98 Å². The van der Waals surface area contributed by atoms with Crippen LogP contribution in [0.3, 0.4) is 0 Å². The van der Waals surface area contributed by atoms with Crippen LogP contribution in [-0.4, -0.2) is 15.3 Å². The number of hydrogen-bond acceptors (Lipinski definition) is 4. The molecule has 1 unspecified atom stereocenters. The summed E-state index contributed by atoms with van der Waals surface area (Å²) in [5.74, 6) is 1.66. The standard InChI is InChI=1S/C21H22N2O3/c1-21(2,3)19(24)20(23-13-7-8-14-23)26-17-11-12-18(22-15-17)25-16-9-5-4-6-10-16/h4-15,20H,1-3H3. The number of para-hydroxylation sites is 1. The van der Waals surface area contributed by atoms with Crippen molar-refractivity contribution < 1.29 is 14.3 Å². The third kappa shape index (κ3) is 4.30. The molecule has 134 valence electrons. The zero-order chi connectivity index (χ0) is 18.6. The number of carbonyl (C=O) groups excluding carboxylic acids is 1. The molecule has 0 aliphatic heterocycles. The van der Waals surface area contributed by atoms with Gasteiger partial charge in [0, 0.05) is 23.9 Å². The number of nitrogens with zero attached hydrogens (tertiary/aromatic N) is 2. The zero-order valence-corrected chi connectivity index (χ0v) is 15.1. The van der Waals surface area contributed by atoms with Gasteiger partial charge in [-0.05, 0) is 30.3 Å². The smallest absolute Gasteiger partial charge is 0.235 e. The van der Waals surface area contributed by atoms with Crippen molar-refractivity contribution in [1.29, 1.82) is 0 Å². The van der Waals surface area contributed by atoms with Gasteiger partial charge < -0.3 is 14.0 Å². The van der Waals surface area contributed by atoms with Gasteiger partial charge in [0.15, 0.2) is 5.78 Å². The van der Waals surface area contributed by atoms with Gasteiger partial charge in [-0.3, -0.25) is 4.79 Å². The minimum atomic E-state index is -0.743. The van der Waals surface area contributed by atoms with Crippen LogP contribution in [0.2, 0.25) is 0 Å². The first-order valence-electron chi connectivity index (χ1n) is 8.46. The lowest BCUT2D eigenvalue weighted by Crippen LogP contribution is -2.33. The summed E-state index contributed by atoms with van der Waals surface area (Å²) in [7, 11) is 0. The Balaban J connectivity index is 1.76. The number of carbonyl (C=O) groups is 1. The molecule has 0 spiro atoms. The molecule has 5 nitrogen and oxygen atoms in total. The largest absolute Gasteiger partial charge is 0.461 e. The Morgan fingerprint density at radius 2 is 1.65 bits per heavy atom. The van der Waals surface area contributed by atoms with Crippen LogP contribution in [0.15, 0.2) is 73.2 Å². The Labute approximate surface area is 153 Å². The first-order chi connectivity index (χ1) is 12.4. The van der Waals surface area contributed by atoms with E-state index in [1.807, 2.05) is 75.6 Å². The molecule has 0 saturated heterocycles. The molecule has 0 aliphatic rings. The molecular formula is C21H22N2O3. The van der Waals surface area contributed by atoms with Crippen molar-refractivity contribution in [2.24, 2.45) is 5.41 Å². The number of pyridine rings is 1. The summed E-state index contributed by atoms with van der Waals surface area (Å²) in [5, 5.41) is 0. The molecule has 2 heterocycles. The van der Waals surface area contributed by atoms with E-state index >= 15 is 0 Å². The van der Waals surface area contributed by atoms with Crippen molar-refractivity contribution in [2.75, 3.05) is 0 Å². The Bertz CT molecular complexity index is 835. The first-order valence-corrected chi connectivity index (χ1v) is 8.46. The van der Waals surface area contributed by atoms with E-state index in [0.717, 1.165) is 0 Å². The van der Waals surface area contributed by atoms with E-state index in [9.17, 15) is 4.79 Å². The summed E-state index contributed by atoms with van der Waals surface area (Å²) < 4.78 is 13.4. The molecule has 5 heteroatoms. The van der Waals surface area contributed by atoms with Gasteiger partial charge in [-0.25, -0.2) is 4.98 Å². The van der Waals surface area contributed by atoms with Crippen LogP contribution in [0.4, 0.5) is 0 Å². The van der Waals surface area contributed by atoms with E-state index in [-0.39, 0.29) is 5.78 Å². The minimum Gasteiger partial charge on any atom is -0.461 e. The number of rotatable bonds is 6. The van der Waals surface area contributed by atoms with Gasteiger partial charge in [0.25, 0.3) is 0 Å². The number of ether oxygens (including phenoxy) is 2. The predicted octanol–water partition coefficient (Wildman–Crippen LogP) is 4.87. The predicted molar refractivity (Wildman–Crippen MR) is 99.3 cm³/mol. The SMILES string of the molecule is CC(C)(C)C(=O)C(Oc1ccc(Oc2ccccc2)nc1)n1cccc1. The van der Waals surface area contributed by atoms with Crippen molar-refractivity contribution in [1.82, 2.24) is 9.55 Å². The molecular weight excluding hydrogens is 328 g/mol. The molecule has 0 radical (unpaired) electrons. The summed E-state index contributed by atoms with van der Waals surface area (Å²) in [5.41, 5.74) is -0.529. The highest BCUT2D eigenvalue weighted by atomic mass is 16.5. The van der Waals surface area contributed by atoms with E-state index in [1.54, 1.807) is 22.9 Å². The van der Waals surface area contributed by atoms with Gasteiger partial charge in [-0.15, -0.1) is 0 Å². The summed E-state index contributed by atoms with van der Waals surface area (Å²) in [6, 6.07) is 16.6. The number of Topliss-reactive ketones (excluding diaryl/α,β-unsaturated/α-hetero) is 1. The van der Waals surface area contributed by atoms with Gasteiger partial charge in [-0.1, -0.05) is 39.0 Å². The molecule has 3 rings (SSSR count). The fourth-order valence-corrected chi connectivity index (χ4v) is 2.36. The molecule has 0 N–H and O–H groups in total. The second-order valence-corrected chi connectivity index (χ2v) is 6.96. The van der Waals surface area contributed by atoms with Crippen LogP contribution in [0.1, 0.15) is 27.0 Å². The topological polar surface area (TPSA) is 53.4 Å². The lowest BCUT2D eigenvalue weighted by atomic mass is 9.89. The van der Waals surface area contributed by atoms with Gasteiger partial charge in [-0.2, -0.15) is 0 Å². The molecule has 0 aliphatic carbocycles. The molecule has 3 aromatic rings. The summed E-state index contributed by atoms with van der Waals surface area (Å²) >= 11 is 0. The van der Waals surface area contributed by atoms with Gasteiger partial charge in [0.05, 0.1) is 6.20 Å².